The summed E-state index contributed by atoms with van der Waals surface area (Å²) in [5.74, 6) is -1.06. The fraction of sp³-hybridized carbons (Fsp3) is 0.474. The third-order valence-corrected chi connectivity index (χ3v) is 3.87. The van der Waals surface area contributed by atoms with Crippen LogP contribution in [0.15, 0.2) is 46.1 Å². The van der Waals surface area contributed by atoms with E-state index in [4.69, 9.17) is 4.74 Å². The Hall–Kier alpha value is -2.31. The number of rotatable bonds is 4. The van der Waals surface area contributed by atoms with E-state index in [-0.39, 0.29) is 30.1 Å². The Morgan fingerprint density at radius 1 is 1.08 bits per heavy atom. The first-order valence-corrected chi connectivity index (χ1v) is 8.30. The lowest BCUT2D eigenvalue weighted by Crippen LogP contribution is -2.17. The summed E-state index contributed by atoms with van der Waals surface area (Å²) < 4.78 is 47.6. The number of allylic oxidation sites excluding steroid dienone is 6. The van der Waals surface area contributed by atoms with E-state index in [2.05, 4.69) is 4.74 Å². The number of hydrogen-bond donors (Lipinski definition) is 0. The molecule has 7 heteroatoms. The molecule has 0 spiro atoms. The minimum Gasteiger partial charge on any atom is -0.463 e. The third kappa shape index (κ3) is 5.61. The molecule has 0 aromatic carbocycles. The van der Waals surface area contributed by atoms with Crippen LogP contribution < -0.4 is 0 Å². The molecule has 0 N–H and O–H groups in total. The van der Waals surface area contributed by atoms with Crippen LogP contribution in [-0.2, 0) is 19.1 Å². The molecule has 4 nitrogen and oxygen atoms in total. The maximum absolute atomic E-state index is 12.7. The van der Waals surface area contributed by atoms with Gasteiger partial charge in [0.1, 0.15) is 0 Å². The highest BCUT2D eigenvalue weighted by atomic mass is 19.4. The van der Waals surface area contributed by atoms with Gasteiger partial charge in [0, 0.05) is 12.0 Å². The van der Waals surface area contributed by atoms with Crippen molar-refractivity contribution in [3.63, 3.8) is 0 Å². The molecule has 0 heterocycles. The summed E-state index contributed by atoms with van der Waals surface area (Å²) in [6.07, 6.45) is 1.85. The van der Waals surface area contributed by atoms with Gasteiger partial charge in [0.05, 0.1) is 24.4 Å². The lowest BCUT2D eigenvalue weighted by atomic mass is 10.1. The first-order valence-electron chi connectivity index (χ1n) is 8.30. The Kier molecular flexibility index (Phi) is 7.86. The molecule has 0 aromatic rings. The van der Waals surface area contributed by atoms with E-state index < -0.39 is 17.7 Å². The SMILES string of the molecule is CCOC(=O)C1=C(C(F)(F)F)C(C)=C(C)C1.CCOC(=O)C1=CC=CC1. The predicted molar refractivity (Wildman–Crippen MR) is 91.2 cm³/mol. The minimum absolute atomic E-state index is 0.0273. The molecule has 0 saturated heterocycles. The molecule has 0 aliphatic heterocycles. The van der Waals surface area contributed by atoms with Crippen LogP contribution in [0.3, 0.4) is 0 Å². The van der Waals surface area contributed by atoms with Crippen LogP contribution in [0.4, 0.5) is 13.2 Å². The van der Waals surface area contributed by atoms with Gasteiger partial charge in [-0.15, -0.1) is 0 Å². The zero-order valence-electron chi connectivity index (χ0n) is 15.3. The molecule has 0 unspecified atom stereocenters. The van der Waals surface area contributed by atoms with Gasteiger partial charge in [0.15, 0.2) is 0 Å². The van der Waals surface area contributed by atoms with Gasteiger partial charge in [-0.05, 0) is 39.7 Å². The quantitative estimate of drug-likeness (QED) is 0.678. The first-order chi connectivity index (χ1) is 12.1. The van der Waals surface area contributed by atoms with Gasteiger partial charge in [-0.2, -0.15) is 13.2 Å². The number of ether oxygens (including phenoxy) is 2. The molecule has 0 aromatic heterocycles. The van der Waals surface area contributed by atoms with Crippen LogP contribution in [0.25, 0.3) is 0 Å². The van der Waals surface area contributed by atoms with Crippen molar-refractivity contribution in [1.29, 1.82) is 0 Å². The van der Waals surface area contributed by atoms with Crippen molar-refractivity contribution in [2.24, 2.45) is 0 Å². The molecule has 0 atom stereocenters. The maximum Gasteiger partial charge on any atom is 0.417 e. The molecule has 0 fully saturated rings. The Morgan fingerprint density at radius 3 is 2.12 bits per heavy atom. The van der Waals surface area contributed by atoms with Crippen molar-refractivity contribution in [2.45, 2.75) is 46.7 Å². The second kappa shape index (κ2) is 9.40. The number of hydrogen-bond acceptors (Lipinski definition) is 4. The zero-order chi connectivity index (χ0) is 19.9. The van der Waals surface area contributed by atoms with Gasteiger partial charge in [0.25, 0.3) is 0 Å². The lowest BCUT2D eigenvalue weighted by molar-refractivity contribution is -0.140. The Labute approximate surface area is 151 Å². The summed E-state index contributed by atoms with van der Waals surface area (Å²) >= 11 is 0. The van der Waals surface area contributed by atoms with E-state index in [0.29, 0.717) is 12.2 Å². The average molecular weight is 372 g/mol. The van der Waals surface area contributed by atoms with Crippen LogP contribution in [0.1, 0.15) is 40.5 Å². The van der Waals surface area contributed by atoms with Crippen molar-refractivity contribution in [2.75, 3.05) is 13.2 Å². The molecular formula is C19H23F3O4. The van der Waals surface area contributed by atoms with Crippen molar-refractivity contribution in [1.82, 2.24) is 0 Å². The number of esters is 2. The molecule has 2 aliphatic carbocycles. The van der Waals surface area contributed by atoms with Crippen LogP contribution in [0, 0.1) is 0 Å². The van der Waals surface area contributed by atoms with E-state index in [1.807, 2.05) is 12.2 Å². The fourth-order valence-corrected chi connectivity index (χ4v) is 2.52. The highest BCUT2D eigenvalue weighted by Gasteiger charge is 2.42. The van der Waals surface area contributed by atoms with E-state index in [9.17, 15) is 22.8 Å². The second-order valence-corrected chi connectivity index (χ2v) is 5.70. The lowest BCUT2D eigenvalue weighted by Gasteiger charge is -2.12. The zero-order valence-corrected chi connectivity index (χ0v) is 15.3. The number of carbonyl (C=O) groups is 2. The van der Waals surface area contributed by atoms with Crippen molar-refractivity contribution < 1.29 is 32.2 Å². The van der Waals surface area contributed by atoms with Crippen LogP contribution in [-0.4, -0.2) is 31.3 Å². The topological polar surface area (TPSA) is 52.6 Å². The van der Waals surface area contributed by atoms with Gasteiger partial charge in [-0.3, -0.25) is 0 Å². The minimum atomic E-state index is -4.50. The van der Waals surface area contributed by atoms with Crippen molar-refractivity contribution >= 4 is 11.9 Å². The summed E-state index contributed by atoms with van der Waals surface area (Å²) in [5, 5.41) is 0. The summed E-state index contributed by atoms with van der Waals surface area (Å²) in [6.45, 7) is 6.87. The van der Waals surface area contributed by atoms with Crippen LogP contribution in [0.2, 0.25) is 0 Å². The van der Waals surface area contributed by atoms with E-state index in [1.54, 1.807) is 26.8 Å². The first kappa shape index (κ1) is 21.7. The second-order valence-electron chi connectivity index (χ2n) is 5.70. The summed E-state index contributed by atoms with van der Waals surface area (Å²) in [6, 6.07) is 0. The Morgan fingerprint density at radius 2 is 1.65 bits per heavy atom. The van der Waals surface area contributed by atoms with Gasteiger partial charge in [0.2, 0.25) is 0 Å². The summed E-state index contributed by atoms with van der Waals surface area (Å²) in [5.41, 5.74) is 0.348. The van der Waals surface area contributed by atoms with Gasteiger partial charge < -0.3 is 9.47 Å². The van der Waals surface area contributed by atoms with Gasteiger partial charge in [-0.25, -0.2) is 9.59 Å². The molecule has 2 rings (SSSR count). The molecule has 26 heavy (non-hydrogen) atoms. The smallest absolute Gasteiger partial charge is 0.417 e. The molecular weight excluding hydrogens is 349 g/mol. The van der Waals surface area contributed by atoms with Crippen LogP contribution >= 0.6 is 0 Å². The molecule has 0 saturated carbocycles. The monoisotopic (exact) mass is 372 g/mol. The molecule has 0 bridgehead atoms. The number of carbonyl (C=O) groups excluding carboxylic acids is 2. The molecule has 2 aliphatic rings. The summed E-state index contributed by atoms with van der Waals surface area (Å²) in [7, 11) is 0. The Bertz CT molecular complexity index is 679. The summed E-state index contributed by atoms with van der Waals surface area (Å²) in [4.78, 5) is 22.3. The Balaban J connectivity index is 0.000000289. The molecule has 0 radical (unpaired) electrons. The largest absolute Gasteiger partial charge is 0.463 e. The molecule has 0 amide bonds. The van der Waals surface area contributed by atoms with E-state index >= 15 is 0 Å². The van der Waals surface area contributed by atoms with E-state index in [0.717, 1.165) is 12.0 Å². The average Bonchev–Trinajstić information content (AvgIpc) is 3.17. The van der Waals surface area contributed by atoms with Crippen LogP contribution in [0.5, 0.6) is 0 Å². The standard InChI is InChI=1S/C11H13F3O2.C8H10O2/c1-4-16-10(15)8-5-6(2)7(3)9(8)11(12,13)14;1-2-10-8(9)7-5-3-4-6-7/h4-5H2,1-3H3;3-5H,2,6H2,1H3. The normalized spacial score (nSPS) is 16.3. The third-order valence-electron chi connectivity index (χ3n) is 3.87. The van der Waals surface area contributed by atoms with Gasteiger partial charge in [-0.1, -0.05) is 23.8 Å². The molecule has 144 valence electrons. The highest BCUT2D eigenvalue weighted by molar-refractivity contribution is 5.92. The van der Waals surface area contributed by atoms with E-state index in [1.165, 1.54) is 6.92 Å². The number of halogens is 3. The highest BCUT2D eigenvalue weighted by Crippen LogP contribution is 2.42. The van der Waals surface area contributed by atoms with Gasteiger partial charge >= 0.3 is 18.1 Å². The van der Waals surface area contributed by atoms with Crippen molar-refractivity contribution in [3.8, 4) is 0 Å². The van der Waals surface area contributed by atoms with Crippen molar-refractivity contribution in [3.05, 3.63) is 46.1 Å². The maximum atomic E-state index is 12.7. The predicted octanol–water partition coefficient (Wildman–Crippen LogP) is 4.58. The fourth-order valence-electron chi connectivity index (χ4n) is 2.52. The number of alkyl halides is 3.